The molecule has 0 aliphatic rings. The standard InChI is InChI=1S/C29H22ClNO2/c1-18-7-8-19(14-25(18)29(32)33)13-24-15-23-16-27(30)26(17-28(23)31-24)22-11-9-21(10-12-22)20-5-3-2-4-6-20/h2-12,14-17,31H,13H2,1H3,(H,32,33). The Kier molecular flexibility index (Phi) is 5.49. The second-order valence-electron chi connectivity index (χ2n) is 8.29. The number of aromatic amines is 1. The first-order chi connectivity index (χ1) is 16.0. The molecule has 3 nitrogen and oxygen atoms in total. The Labute approximate surface area is 197 Å². The van der Waals surface area contributed by atoms with Gasteiger partial charge in [-0.25, -0.2) is 4.79 Å². The molecule has 0 unspecified atom stereocenters. The molecule has 2 N–H and O–H groups in total. The molecule has 0 saturated carbocycles. The van der Waals surface area contributed by atoms with Crippen LogP contribution >= 0.6 is 11.6 Å². The number of hydrogen-bond acceptors (Lipinski definition) is 1. The summed E-state index contributed by atoms with van der Waals surface area (Å²) in [4.78, 5) is 14.9. The van der Waals surface area contributed by atoms with Crippen LogP contribution in [0.5, 0.6) is 0 Å². The van der Waals surface area contributed by atoms with E-state index in [2.05, 4.69) is 53.5 Å². The minimum atomic E-state index is -0.902. The van der Waals surface area contributed by atoms with E-state index < -0.39 is 5.97 Å². The Hall–Kier alpha value is -3.82. The summed E-state index contributed by atoms with van der Waals surface area (Å²) in [7, 11) is 0. The van der Waals surface area contributed by atoms with E-state index in [4.69, 9.17) is 11.6 Å². The summed E-state index contributed by atoms with van der Waals surface area (Å²) in [6.07, 6.45) is 0.619. The zero-order chi connectivity index (χ0) is 22.9. The van der Waals surface area contributed by atoms with Crippen molar-refractivity contribution in [3.63, 3.8) is 0 Å². The highest BCUT2D eigenvalue weighted by atomic mass is 35.5. The quantitative estimate of drug-likeness (QED) is 0.287. The number of fused-ring (bicyclic) bond motifs is 1. The van der Waals surface area contributed by atoms with Crippen LogP contribution in [0.1, 0.15) is 27.2 Å². The fraction of sp³-hybridized carbons (Fsp3) is 0.0690. The summed E-state index contributed by atoms with van der Waals surface area (Å²) in [6, 6.07) is 30.4. The van der Waals surface area contributed by atoms with Crippen LogP contribution in [0.3, 0.4) is 0 Å². The number of aromatic nitrogens is 1. The van der Waals surface area contributed by atoms with Crippen molar-refractivity contribution in [3.05, 3.63) is 118 Å². The van der Waals surface area contributed by atoms with Crippen molar-refractivity contribution in [3.8, 4) is 22.3 Å². The molecular weight excluding hydrogens is 430 g/mol. The van der Waals surface area contributed by atoms with Gasteiger partial charge in [0.05, 0.1) is 5.56 Å². The summed E-state index contributed by atoms with van der Waals surface area (Å²) in [5.41, 5.74) is 8.44. The second-order valence-corrected chi connectivity index (χ2v) is 8.70. The first kappa shape index (κ1) is 21.0. The third-order valence-corrected chi connectivity index (χ3v) is 6.31. The maximum absolute atomic E-state index is 11.5. The van der Waals surface area contributed by atoms with Gasteiger partial charge >= 0.3 is 5.97 Å². The van der Waals surface area contributed by atoms with Crippen molar-refractivity contribution in [1.82, 2.24) is 4.98 Å². The average molecular weight is 452 g/mol. The monoisotopic (exact) mass is 451 g/mol. The SMILES string of the molecule is Cc1ccc(Cc2cc3cc(Cl)c(-c4ccc(-c5ccccc5)cc4)cc3[nH]2)cc1C(=O)O. The second kappa shape index (κ2) is 8.61. The molecule has 0 atom stereocenters. The molecule has 33 heavy (non-hydrogen) atoms. The number of nitrogens with one attached hydrogen (secondary N) is 1. The number of aromatic carboxylic acids is 1. The lowest BCUT2D eigenvalue weighted by atomic mass is 9.99. The number of rotatable bonds is 5. The maximum atomic E-state index is 11.5. The number of benzene rings is 4. The summed E-state index contributed by atoms with van der Waals surface area (Å²) in [5.74, 6) is -0.902. The van der Waals surface area contributed by atoms with Gasteiger partial charge in [-0.15, -0.1) is 0 Å². The van der Waals surface area contributed by atoms with E-state index in [9.17, 15) is 9.90 Å². The molecule has 0 amide bonds. The predicted octanol–water partition coefficient (Wildman–Crippen LogP) is 7.75. The molecule has 0 fully saturated rings. The normalized spacial score (nSPS) is 11.1. The Bertz CT molecular complexity index is 1470. The van der Waals surface area contributed by atoms with Gasteiger partial charge in [0.25, 0.3) is 0 Å². The third-order valence-electron chi connectivity index (χ3n) is 5.99. The molecule has 0 radical (unpaired) electrons. The van der Waals surface area contributed by atoms with E-state index in [0.717, 1.165) is 44.4 Å². The molecule has 0 bridgehead atoms. The first-order valence-electron chi connectivity index (χ1n) is 10.8. The molecule has 4 heteroatoms. The Morgan fingerprint density at radius 2 is 1.55 bits per heavy atom. The summed E-state index contributed by atoms with van der Waals surface area (Å²) in [5, 5.41) is 11.1. The number of carbonyl (C=O) groups is 1. The van der Waals surface area contributed by atoms with Crippen molar-refractivity contribution in [2.75, 3.05) is 0 Å². The largest absolute Gasteiger partial charge is 0.478 e. The zero-order valence-electron chi connectivity index (χ0n) is 18.1. The van der Waals surface area contributed by atoms with Gasteiger partial charge < -0.3 is 10.1 Å². The average Bonchev–Trinajstić information content (AvgIpc) is 3.21. The molecule has 4 aromatic carbocycles. The van der Waals surface area contributed by atoms with Gasteiger partial charge in [0.1, 0.15) is 0 Å². The van der Waals surface area contributed by atoms with Gasteiger partial charge in [-0.1, -0.05) is 78.3 Å². The number of aryl methyl sites for hydroxylation is 1. The number of carboxylic acid groups (broad SMARTS) is 1. The minimum absolute atomic E-state index is 0.341. The van der Waals surface area contributed by atoms with Crippen molar-refractivity contribution in [2.24, 2.45) is 0 Å². The molecule has 5 rings (SSSR count). The van der Waals surface area contributed by atoms with Gasteiger partial charge in [0, 0.05) is 33.6 Å². The minimum Gasteiger partial charge on any atom is -0.478 e. The summed E-state index contributed by atoms with van der Waals surface area (Å²) < 4.78 is 0. The van der Waals surface area contributed by atoms with Crippen LogP contribution in [0.2, 0.25) is 5.02 Å². The van der Waals surface area contributed by atoms with Gasteiger partial charge in [-0.3, -0.25) is 0 Å². The molecule has 1 aromatic heterocycles. The van der Waals surface area contributed by atoms with Crippen LogP contribution in [0.4, 0.5) is 0 Å². The fourth-order valence-electron chi connectivity index (χ4n) is 4.23. The highest BCUT2D eigenvalue weighted by molar-refractivity contribution is 6.34. The molecule has 162 valence electrons. The van der Waals surface area contributed by atoms with Crippen LogP contribution in [-0.4, -0.2) is 16.1 Å². The zero-order valence-corrected chi connectivity index (χ0v) is 18.9. The Morgan fingerprint density at radius 3 is 2.27 bits per heavy atom. The number of halogens is 1. The van der Waals surface area contributed by atoms with Gasteiger partial charge in [0.15, 0.2) is 0 Å². The van der Waals surface area contributed by atoms with Crippen molar-refractivity contribution in [1.29, 1.82) is 0 Å². The van der Waals surface area contributed by atoms with E-state index in [-0.39, 0.29) is 0 Å². The third kappa shape index (κ3) is 4.28. The predicted molar refractivity (Wildman–Crippen MR) is 135 cm³/mol. The number of carboxylic acids is 1. The van der Waals surface area contributed by atoms with E-state index >= 15 is 0 Å². The highest BCUT2D eigenvalue weighted by Gasteiger charge is 2.12. The maximum Gasteiger partial charge on any atom is 0.335 e. The van der Waals surface area contributed by atoms with Crippen LogP contribution in [0, 0.1) is 6.92 Å². The molecular formula is C29H22ClNO2. The highest BCUT2D eigenvalue weighted by Crippen LogP contribution is 2.34. The van der Waals surface area contributed by atoms with Gasteiger partial charge in [-0.05, 0) is 59.0 Å². The molecule has 0 spiro atoms. The van der Waals surface area contributed by atoms with Gasteiger partial charge in [0.2, 0.25) is 0 Å². The van der Waals surface area contributed by atoms with Gasteiger partial charge in [-0.2, -0.15) is 0 Å². The Morgan fingerprint density at radius 1 is 0.848 bits per heavy atom. The van der Waals surface area contributed by atoms with E-state index in [0.29, 0.717) is 17.0 Å². The van der Waals surface area contributed by atoms with Crippen molar-refractivity contribution in [2.45, 2.75) is 13.3 Å². The number of hydrogen-bond donors (Lipinski definition) is 2. The lowest BCUT2D eigenvalue weighted by Crippen LogP contribution is -2.01. The smallest absolute Gasteiger partial charge is 0.335 e. The molecule has 0 saturated heterocycles. The lowest BCUT2D eigenvalue weighted by molar-refractivity contribution is 0.0696. The van der Waals surface area contributed by atoms with Crippen molar-refractivity contribution < 1.29 is 9.90 Å². The molecule has 1 heterocycles. The summed E-state index contributed by atoms with van der Waals surface area (Å²) in [6.45, 7) is 1.81. The van der Waals surface area contributed by atoms with Crippen molar-refractivity contribution >= 4 is 28.5 Å². The lowest BCUT2D eigenvalue weighted by Gasteiger charge is -2.07. The molecule has 0 aliphatic heterocycles. The Balaban J connectivity index is 1.45. The van der Waals surface area contributed by atoms with E-state index in [1.807, 2.05) is 43.3 Å². The molecule has 0 aliphatic carbocycles. The summed E-state index contributed by atoms with van der Waals surface area (Å²) >= 11 is 6.66. The molecule has 5 aromatic rings. The van der Waals surface area contributed by atoms with E-state index in [1.54, 1.807) is 6.07 Å². The van der Waals surface area contributed by atoms with Crippen LogP contribution < -0.4 is 0 Å². The van der Waals surface area contributed by atoms with Crippen LogP contribution in [-0.2, 0) is 6.42 Å². The first-order valence-corrected chi connectivity index (χ1v) is 11.2. The fourth-order valence-corrected chi connectivity index (χ4v) is 4.51. The topological polar surface area (TPSA) is 53.1 Å². The van der Waals surface area contributed by atoms with Crippen LogP contribution in [0.25, 0.3) is 33.2 Å². The van der Waals surface area contributed by atoms with E-state index in [1.165, 1.54) is 5.56 Å². The van der Waals surface area contributed by atoms with Crippen LogP contribution in [0.15, 0.2) is 91.0 Å². The number of H-pyrrole nitrogens is 1.